The molecule has 37 heavy (non-hydrogen) atoms. The number of thiophene rings is 1. The van der Waals surface area contributed by atoms with Gasteiger partial charge in [0.25, 0.3) is 5.56 Å². The Morgan fingerprint density at radius 3 is 2.73 bits per heavy atom. The van der Waals surface area contributed by atoms with Crippen LogP contribution in [0.5, 0.6) is 0 Å². The molecule has 2 aliphatic heterocycles. The molecule has 2 fully saturated rings. The van der Waals surface area contributed by atoms with Crippen molar-refractivity contribution in [3.8, 4) is 16.5 Å². The molecule has 11 heteroatoms. The summed E-state index contributed by atoms with van der Waals surface area (Å²) in [5.41, 5.74) is 8.67. The van der Waals surface area contributed by atoms with Gasteiger partial charge in [-0.3, -0.25) is 14.3 Å². The van der Waals surface area contributed by atoms with Crippen LogP contribution in [0.4, 0.5) is 5.69 Å². The van der Waals surface area contributed by atoms with Crippen LogP contribution in [-0.4, -0.2) is 66.6 Å². The van der Waals surface area contributed by atoms with Crippen molar-refractivity contribution in [2.45, 2.75) is 44.2 Å². The largest absolute Gasteiger partial charge is 0.369 e. The third-order valence-electron chi connectivity index (χ3n) is 7.21. The molecule has 1 atom stereocenters. The fourth-order valence-corrected chi connectivity index (χ4v) is 5.88. The molecule has 0 unspecified atom stereocenters. The Labute approximate surface area is 219 Å². The number of hydrogen-bond acceptors (Lipinski definition) is 9. The van der Waals surface area contributed by atoms with Crippen molar-refractivity contribution >= 4 is 17.0 Å². The van der Waals surface area contributed by atoms with Gasteiger partial charge in [-0.15, -0.1) is 11.3 Å². The van der Waals surface area contributed by atoms with E-state index in [4.69, 9.17) is 10.7 Å². The number of nitrogens with zero attached hydrogens (tertiary/aromatic N) is 7. The van der Waals surface area contributed by atoms with Gasteiger partial charge in [0.05, 0.1) is 34.3 Å². The smallest absolute Gasteiger partial charge is 0.251 e. The van der Waals surface area contributed by atoms with Crippen LogP contribution in [0.2, 0.25) is 0 Å². The Morgan fingerprint density at radius 1 is 1.11 bits per heavy atom. The number of anilines is 1. The molecule has 192 valence electrons. The summed E-state index contributed by atoms with van der Waals surface area (Å²) in [5, 5.41) is 2.00. The van der Waals surface area contributed by atoms with Gasteiger partial charge >= 0.3 is 0 Å². The summed E-state index contributed by atoms with van der Waals surface area (Å²) in [7, 11) is 0. The highest BCUT2D eigenvalue weighted by atomic mass is 32.1. The van der Waals surface area contributed by atoms with E-state index in [-0.39, 0.29) is 11.5 Å². The monoisotopic (exact) mass is 517 g/mol. The quantitative estimate of drug-likeness (QED) is 0.400. The lowest BCUT2D eigenvalue weighted by Crippen LogP contribution is -2.39. The third-order valence-corrected chi connectivity index (χ3v) is 8.10. The molecule has 6 rings (SSSR count). The topological polar surface area (TPSA) is 122 Å². The van der Waals surface area contributed by atoms with Crippen molar-refractivity contribution in [1.29, 1.82) is 0 Å². The lowest BCUT2D eigenvalue weighted by atomic mass is 9.97. The summed E-state index contributed by atoms with van der Waals surface area (Å²) in [6.45, 7) is 4.43. The van der Waals surface area contributed by atoms with Gasteiger partial charge in [-0.1, -0.05) is 6.07 Å². The first-order valence-corrected chi connectivity index (χ1v) is 13.7. The molecule has 0 radical (unpaired) electrons. The summed E-state index contributed by atoms with van der Waals surface area (Å²) < 4.78 is 1.87. The Hall–Kier alpha value is -3.41. The number of piperidine rings is 2. The van der Waals surface area contributed by atoms with Crippen LogP contribution in [-0.2, 0) is 6.54 Å². The van der Waals surface area contributed by atoms with Crippen LogP contribution in [0, 0.1) is 0 Å². The maximum absolute atomic E-state index is 12.3. The molecule has 4 aromatic heterocycles. The minimum atomic E-state index is -0.0980. The standard InChI is InChI=1S/C26H31N9OS/c27-19-5-8-34(9-6-19)21-12-28-26(29-13-21)35-16-20(30-17-35)15-33-7-1-3-18(14-33)25-31-22(11-24(36)32-25)23-4-2-10-37-23/h2,4,10-13,16-19H,1,3,5-9,14-15,27H2,(H,31,32,36)/t18-/m0/s1. The molecule has 0 spiro atoms. The maximum atomic E-state index is 12.3. The van der Waals surface area contributed by atoms with Crippen molar-refractivity contribution in [3.05, 3.63) is 70.4 Å². The highest BCUT2D eigenvalue weighted by molar-refractivity contribution is 7.13. The minimum absolute atomic E-state index is 0.0980. The summed E-state index contributed by atoms with van der Waals surface area (Å²) in [6.07, 6.45) is 11.6. The SMILES string of the molecule is NC1CCN(c2cnc(-n3cnc(CN4CCC[C@H](c5nc(-c6cccs6)cc(=O)[nH]5)C4)c3)nc2)CC1. The van der Waals surface area contributed by atoms with Crippen LogP contribution in [0.25, 0.3) is 16.5 Å². The number of imidazole rings is 1. The average molecular weight is 518 g/mol. The summed E-state index contributed by atoms with van der Waals surface area (Å²) in [6, 6.07) is 5.86. The molecular formula is C26H31N9OS. The molecule has 0 amide bonds. The van der Waals surface area contributed by atoms with E-state index in [0.29, 0.717) is 12.0 Å². The average Bonchev–Trinajstić information content (AvgIpc) is 3.62. The summed E-state index contributed by atoms with van der Waals surface area (Å²) in [4.78, 5) is 39.6. The zero-order chi connectivity index (χ0) is 25.2. The molecular weight excluding hydrogens is 486 g/mol. The summed E-state index contributed by atoms with van der Waals surface area (Å²) in [5.74, 6) is 1.57. The number of likely N-dealkylation sites (tertiary alicyclic amines) is 1. The second kappa shape index (κ2) is 10.5. The van der Waals surface area contributed by atoms with Crippen molar-refractivity contribution in [2.75, 3.05) is 31.1 Å². The van der Waals surface area contributed by atoms with E-state index < -0.39 is 0 Å². The Balaban J connectivity index is 1.11. The van der Waals surface area contributed by atoms with Gasteiger partial charge in [-0.25, -0.2) is 19.9 Å². The van der Waals surface area contributed by atoms with E-state index in [0.717, 1.165) is 86.2 Å². The molecule has 10 nitrogen and oxygen atoms in total. The summed E-state index contributed by atoms with van der Waals surface area (Å²) >= 11 is 1.60. The zero-order valence-corrected chi connectivity index (χ0v) is 21.5. The van der Waals surface area contributed by atoms with Crippen LogP contribution < -0.4 is 16.2 Å². The number of H-pyrrole nitrogens is 1. The Kier molecular flexibility index (Phi) is 6.81. The highest BCUT2D eigenvalue weighted by Crippen LogP contribution is 2.28. The van der Waals surface area contributed by atoms with Gasteiger partial charge in [-0.05, 0) is 43.7 Å². The molecule has 2 aliphatic rings. The number of nitrogens with two attached hydrogens (primary N) is 1. The van der Waals surface area contributed by atoms with E-state index in [1.165, 1.54) is 0 Å². The first-order chi connectivity index (χ1) is 18.1. The first-order valence-electron chi connectivity index (χ1n) is 12.8. The van der Waals surface area contributed by atoms with Crippen molar-refractivity contribution in [1.82, 2.24) is 34.4 Å². The molecule has 0 saturated carbocycles. The third kappa shape index (κ3) is 5.48. The van der Waals surface area contributed by atoms with Gasteiger partial charge in [-0.2, -0.15) is 0 Å². The fourth-order valence-electron chi connectivity index (χ4n) is 5.20. The zero-order valence-electron chi connectivity index (χ0n) is 20.7. The van der Waals surface area contributed by atoms with Gasteiger partial charge in [0.2, 0.25) is 5.95 Å². The highest BCUT2D eigenvalue weighted by Gasteiger charge is 2.24. The number of aromatic nitrogens is 6. The molecule has 0 aromatic carbocycles. The number of hydrogen-bond donors (Lipinski definition) is 2. The Morgan fingerprint density at radius 2 is 1.95 bits per heavy atom. The van der Waals surface area contributed by atoms with E-state index in [1.807, 2.05) is 40.7 Å². The van der Waals surface area contributed by atoms with Crippen LogP contribution >= 0.6 is 11.3 Å². The molecule has 0 aliphatic carbocycles. The van der Waals surface area contributed by atoms with E-state index in [1.54, 1.807) is 23.7 Å². The van der Waals surface area contributed by atoms with Crippen molar-refractivity contribution in [3.63, 3.8) is 0 Å². The number of nitrogens with one attached hydrogen (secondary N) is 1. The maximum Gasteiger partial charge on any atom is 0.251 e. The fraction of sp³-hybridized carbons (Fsp3) is 0.423. The molecule has 2 saturated heterocycles. The van der Waals surface area contributed by atoms with Gasteiger partial charge < -0.3 is 15.6 Å². The normalized spacial score (nSPS) is 19.4. The predicted molar refractivity (Wildman–Crippen MR) is 144 cm³/mol. The van der Waals surface area contributed by atoms with E-state index >= 15 is 0 Å². The van der Waals surface area contributed by atoms with Crippen LogP contribution in [0.15, 0.2) is 53.3 Å². The van der Waals surface area contributed by atoms with Crippen LogP contribution in [0.3, 0.4) is 0 Å². The second-order valence-electron chi connectivity index (χ2n) is 9.91. The Bertz CT molecular complexity index is 1370. The van der Waals surface area contributed by atoms with Crippen molar-refractivity contribution in [2.24, 2.45) is 5.73 Å². The lowest BCUT2D eigenvalue weighted by molar-refractivity contribution is 0.194. The first kappa shape index (κ1) is 24.0. The molecule has 4 aromatic rings. The molecule has 6 heterocycles. The number of aromatic amines is 1. The molecule has 0 bridgehead atoms. The molecule has 3 N–H and O–H groups in total. The van der Waals surface area contributed by atoms with Crippen molar-refractivity contribution < 1.29 is 0 Å². The lowest BCUT2D eigenvalue weighted by Gasteiger charge is -2.31. The van der Waals surface area contributed by atoms with Crippen LogP contribution in [0.1, 0.15) is 43.1 Å². The van der Waals surface area contributed by atoms with Gasteiger partial charge in [0.1, 0.15) is 12.2 Å². The second-order valence-corrected chi connectivity index (χ2v) is 10.9. The predicted octanol–water partition coefficient (Wildman–Crippen LogP) is 2.78. The van der Waals surface area contributed by atoms with E-state index in [2.05, 4.69) is 29.7 Å². The number of rotatable bonds is 6. The van der Waals surface area contributed by atoms with Gasteiger partial charge in [0.15, 0.2) is 0 Å². The van der Waals surface area contributed by atoms with E-state index in [9.17, 15) is 4.79 Å². The minimum Gasteiger partial charge on any atom is -0.369 e. The van der Waals surface area contributed by atoms with Gasteiger partial charge in [0, 0.05) is 50.4 Å².